The van der Waals surface area contributed by atoms with Crippen molar-refractivity contribution in [1.29, 1.82) is 0 Å². The highest BCUT2D eigenvalue weighted by Gasteiger charge is 2.18. The summed E-state index contributed by atoms with van der Waals surface area (Å²) in [7, 11) is -4.16. The van der Waals surface area contributed by atoms with Crippen molar-refractivity contribution >= 4 is 39.5 Å². The van der Waals surface area contributed by atoms with E-state index >= 15 is 0 Å². The van der Waals surface area contributed by atoms with Crippen molar-refractivity contribution < 1.29 is 22.3 Å². The number of nitrogens with one attached hydrogen (secondary N) is 1. The van der Waals surface area contributed by atoms with E-state index in [9.17, 15) is 23.3 Å². The summed E-state index contributed by atoms with van der Waals surface area (Å²) in [6, 6.07) is 16.6. The molecule has 1 amide bonds. The standard InChI is InChI=1S/C20H14ClN3O6S/c21-16-3-1-2-15(12-16)20(25)23-22-13-14-4-8-18(9-5-14)30-31(28,29)19-10-6-17(7-11-19)24(26)27/h1-13H,(H,23,25)/b22-13-. The van der Waals surface area contributed by atoms with E-state index in [0.29, 0.717) is 16.1 Å². The van der Waals surface area contributed by atoms with Crippen LogP contribution in [0.15, 0.2) is 82.8 Å². The molecular formula is C20H14ClN3O6S. The highest BCUT2D eigenvalue weighted by molar-refractivity contribution is 7.87. The van der Waals surface area contributed by atoms with Crippen LogP contribution < -0.4 is 9.61 Å². The first-order valence-electron chi connectivity index (χ1n) is 8.62. The van der Waals surface area contributed by atoms with Crippen LogP contribution in [0.3, 0.4) is 0 Å². The Balaban J connectivity index is 1.62. The van der Waals surface area contributed by atoms with Gasteiger partial charge in [-0.1, -0.05) is 17.7 Å². The van der Waals surface area contributed by atoms with Crippen molar-refractivity contribution in [1.82, 2.24) is 5.43 Å². The Bertz CT molecular complexity index is 1240. The van der Waals surface area contributed by atoms with Gasteiger partial charge in [0.05, 0.1) is 11.1 Å². The second-order valence-electron chi connectivity index (χ2n) is 6.07. The van der Waals surface area contributed by atoms with Crippen LogP contribution in [0.1, 0.15) is 15.9 Å². The first-order valence-corrected chi connectivity index (χ1v) is 10.4. The molecular weight excluding hydrogens is 446 g/mol. The molecule has 158 valence electrons. The van der Waals surface area contributed by atoms with Crippen LogP contribution in [0.25, 0.3) is 0 Å². The summed E-state index contributed by atoms with van der Waals surface area (Å²) in [6.45, 7) is 0. The van der Waals surface area contributed by atoms with Gasteiger partial charge in [0, 0.05) is 22.7 Å². The molecule has 31 heavy (non-hydrogen) atoms. The maximum atomic E-state index is 12.3. The number of nitro groups is 1. The highest BCUT2D eigenvalue weighted by atomic mass is 35.5. The molecule has 11 heteroatoms. The zero-order valence-corrected chi connectivity index (χ0v) is 17.2. The Morgan fingerprint density at radius 1 is 1.06 bits per heavy atom. The molecule has 9 nitrogen and oxygen atoms in total. The summed E-state index contributed by atoms with van der Waals surface area (Å²) in [6.07, 6.45) is 1.37. The average molecular weight is 460 g/mol. The van der Waals surface area contributed by atoms with E-state index < -0.39 is 20.9 Å². The SMILES string of the molecule is O=C(N/N=C\c1ccc(OS(=O)(=O)c2ccc([N+](=O)[O-])cc2)cc1)c1cccc(Cl)c1. The number of carbonyl (C=O) groups excluding carboxylic acids is 1. The summed E-state index contributed by atoms with van der Waals surface area (Å²) < 4.78 is 29.6. The molecule has 0 heterocycles. The lowest BCUT2D eigenvalue weighted by Gasteiger charge is -2.07. The van der Waals surface area contributed by atoms with E-state index in [1.54, 1.807) is 18.2 Å². The third-order valence-electron chi connectivity index (χ3n) is 3.89. The van der Waals surface area contributed by atoms with E-state index in [0.717, 1.165) is 24.3 Å². The van der Waals surface area contributed by atoms with Crippen molar-refractivity contribution in [3.63, 3.8) is 0 Å². The minimum atomic E-state index is -4.16. The Morgan fingerprint density at radius 2 is 1.74 bits per heavy atom. The number of carbonyl (C=O) groups is 1. The number of halogens is 1. The minimum Gasteiger partial charge on any atom is -0.379 e. The number of benzene rings is 3. The Kier molecular flexibility index (Phi) is 6.63. The summed E-state index contributed by atoms with van der Waals surface area (Å²) in [5, 5.41) is 14.9. The molecule has 3 aromatic rings. The summed E-state index contributed by atoms with van der Waals surface area (Å²) in [5.41, 5.74) is 3.05. The number of non-ortho nitro benzene ring substituents is 1. The zero-order chi connectivity index (χ0) is 22.4. The van der Waals surface area contributed by atoms with E-state index in [4.69, 9.17) is 15.8 Å². The lowest BCUT2D eigenvalue weighted by atomic mass is 10.2. The number of hydrogen-bond acceptors (Lipinski definition) is 7. The first kappa shape index (κ1) is 21.9. The smallest absolute Gasteiger partial charge is 0.339 e. The molecule has 3 rings (SSSR count). The van der Waals surface area contributed by atoms with Gasteiger partial charge in [-0.25, -0.2) is 5.43 Å². The van der Waals surface area contributed by atoms with E-state index in [1.807, 2.05) is 0 Å². The molecule has 0 atom stereocenters. The van der Waals surface area contributed by atoms with Crippen molar-refractivity contribution in [2.45, 2.75) is 4.90 Å². The molecule has 3 aromatic carbocycles. The third-order valence-corrected chi connectivity index (χ3v) is 5.39. The Hall–Kier alpha value is -3.76. The van der Waals surface area contributed by atoms with Gasteiger partial charge in [-0.2, -0.15) is 13.5 Å². The molecule has 1 N–H and O–H groups in total. The van der Waals surface area contributed by atoms with E-state index in [2.05, 4.69) is 10.5 Å². The molecule has 0 aromatic heterocycles. The van der Waals surface area contributed by atoms with Gasteiger partial charge < -0.3 is 4.18 Å². The van der Waals surface area contributed by atoms with Crippen LogP contribution in [0.2, 0.25) is 5.02 Å². The fraction of sp³-hybridized carbons (Fsp3) is 0. The molecule has 0 saturated heterocycles. The summed E-state index contributed by atoms with van der Waals surface area (Å²) in [5.74, 6) is -0.397. The first-order chi connectivity index (χ1) is 14.7. The lowest BCUT2D eigenvalue weighted by Crippen LogP contribution is -2.17. The van der Waals surface area contributed by atoms with Crippen LogP contribution >= 0.6 is 11.6 Å². The van der Waals surface area contributed by atoms with Crippen molar-refractivity contribution in [2.24, 2.45) is 5.10 Å². The van der Waals surface area contributed by atoms with Gasteiger partial charge >= 0.3 is 10.1 Å². The van der Waals surface area contributed by atoms with E-state index in [1.165, 1.54) is 36.5 Å². The zero-order valence-electron chi connectivity index (χ0n) is 15.6. The van der Waals surface area contributed by atoms with Gasteiger partial charge in [-0.3, -0.25) is 14.9 Å². The summed E-state index contributed by atoms with van der Waals surface area (Å²) in [4.78, 5) is 21.8. The van der Waals surface area contributed by atoms with Crippen molar-refractivity contribution in [2.75, 3.05) is 0 Å². The van der Waals surface area contributed by atoms with Crippen molar-refractivity contribution in [3.8, 4) is 5.75 Å². The van der Waals surface area contributed by atoms with Crippen LogP contribution in [0.4, 0.5) is 5.69 Å². The molecule has 0 aliphatic carbocycles. The molecule has 0 saturated carbocycles. The molecule has 0 aliphatic heterocycles. The van der Waals surface area contributed by atoms with Crippen molar-refractivity contribution in [3.05, 3.63) is 99.1 Å². The number of nitrogens with zero attached hydrogens (tertiary/aromatic N) is 2. The van der Waals surface area contributed by atoms with E-state index in [-0.39, 0.29) is 16.3 Å². The maximum Gasteiger partial charge on any atom is 0.339 e. The van der Waals surface area contributed by atoms with Crippen LogP contribution in [-0.4, -0.2) is 25.5 Å². The van der Waals surface area contributed by atoms with Gasteiger partial charge in [0.15, 0.2) is 0 Å². The number of hydrazone groups is 1. The molecule has 0 bridgehead atoms. The number of rotatable bonds is 7. The molecule has 0 aliphatic rings. The fourth-order valence-electron chi connectivity index (χ4n) is 2.38. The molecule has 0 fully saturated rings. The average Bonchev–Trinajstić information content (AvgIpc) is 2.75. The minimum absolute atomic E-state index is 0.0402. The monoisotopic (exact) mass is 459 g/mol. The Labute approximate surface area is 182 Å². The van der Waals surface area contributed by atoms with Crippen LogP contribution in [-0.2, 0) is 10.1 Å². The predicted octanol–water partition coefficient (Wildman–Crippen LogP) is 3.78. The van der Waals surface area contributed by atoms with Gasteiger partial charge in [-0.15, -0.1) is 0 Å². The van der Waals surface area contributed by atoms with Gasteiger partial charge in [0.25, 0.3) is 11.6 Å². The van der Waals surface area contributed by atoms with Crippen LogP contribution in [0.5, 0.6) is 5.75 Å². The second kappa shape index (κ2) is 9.37. The second-order valence-corrected chi connectivity index (χ2v) is 8.05. The maximum absolute atomic E-state index is 12.3. The predicted molar refractivity (Wildman–Crippen MR) is 114 cm³/mol. The molecule has 0 radical (unpaired) electrons. The number of hydrogen-bond donors (Lipinski definition) is 1. The normalized spacial score (nSPS) is 11.3. The van der Waals surface area contributed by atoms with Gasteiger partial charge in [-0.05, 0) is 60.2 Å². The third kappa shape index (κ3) is 5.87. The topological polar surface area (TPSA) is 128 Å². The number of amides is 1. The van der Waals surface area contributed by atoms with Gasteiger partial charge in [0.2, 0.25) is 0 Å². The molecule has 0 spiro atoms. The number of nitro benzene ring substituents is 1. The quantitative estimate of drug-likeness (QED) is 0.248. The van der Waals surface area contributed by atoms with Gasteiger partial charge in [0.1, 0.15) is 10.6 Å². The Morgan fingerprint density at radius 3 is 2.35 bits per heavy atom. The highest BCUT2D eigenvalue weighted by Crippen LogP contribution is 2.21. The lowest BCUT2D eigenvalue weighted by molar-refractivity contribution is -0.384. The summed E-state index contributed by atoms with van der Waals surface area (Å²) >= 11 is 5.84. The van der Waals surface area contributed by atoms with Crippen LogP contribution in [0, 0.1) is 10.1 Å². The fourth-order valence-corrected chi connectivity index (χ4v) is 3.50. The molecule has 0 unspecified atom stereocenters. The largest absolute Gasteiger partial charge is 0.379 e.